The van der Waals surface area contributed by atoms with Gasteiger partial charge in [0.05, 0.1) is 17.9 Å². The van der Waals surface area contributed by atoms with Crippen LogP contribution in [0.25, 0.3) is 5.95 Å². The molecule has 8 nitrogen and oxygen atoms in total. The quantitative estimate of drug-likeness (QED) is 0.688. The van der Waals surface area contributed by atoms with Crippen molar-refractivity contribution in [3.8, 4) is 5.95 Å². The van der Waals surface area contributed by atoms with Crippen molar-refractivity contribution in [1.29, 1.82) is 0 Å². The van der Waals surface area contributed by atoms with Gasteiger partial charge in [0, 0.05) is 30.1 Å². The molecule has 0 bridgehead atoms. The van der Waals surface area contributed by atoms with E-state index in [-0.39, 0.29) is 11.5 Å². The normalized spacial score (nSPS) is 10.8. The summed E-state index contributed by atoms with van der Waals surface area (Å²) >= 11 is 0. The molecule has 0 saturated carbocycles. The molecule has 3 heterocycles. The summed E-state index contributed by atoms with van der Waals surface area (Å²) in [4.78, 5) is 35.1. The number of nitrogens with zero attached hydrogens (tertiary/aromatic N) is 4. The van der Waals surface area contributed by atoms with E-state index in [9.17, 15) is 9.59 Å². The smallest absolute Gasteiger partial charge is 0.252 e. The van der Waals surface area contributed by atoms with Crippen molar-refractivity contribution in [2.75, 3.05) is 0 Å². The molecule has 3 rings (SSSR count). The van der Waals surface area contributed by atoms with Gasteiger partial charge in [-0.2, -0.15) is 5.10 Å². The van der Waals surface area contributed by atoms with Crippen LogP contribution < -0.4 is 10.9 Å². The largest absolute Gasteiger partial charge is 0.350 e. The van der Waals surface area contributed by atoms with E-state index < -0.39 is 0 Å². The molecular weight excluding hydrogens is 344 g/mol. The Morgan fingerprint density at radius 1 is 1.26 bits per heavy atom. The second-order valence-electron chi connectivity index (χ2n) is 6.37. The van der Waals surface area contributed by atoms with E-state index in [4.69, 9.17) is 0 Å². The maximum atomic E-state index is 12.2. The van der Waals surface area contributed by atoms with E-state index in [1.54, 1.807) is 17.8 Å². The number of hydrogen-bond donors (Lipinski definition) is 2. The molecule has 0 aromatic carbocycles. The van der Waals surface area contributed by atoms with Crippen molar-refractivity contribution in [2.45, 2.75) is 40.2 Å². The Labute approximate surface area is 156 Å². The van der Waals surface area contributed by atoms with E-state index in [0.29, 0.717) is 31.0 Å². The molecule has 3 aromatic rings. The summed E-state index contributed by atoms with van der Waals surface area (Å²) in [6, 6.07) is 7.03. The van der Waals surface area contributed by atoms with Crippen molar-refractivity contribution in [1.82, 2.24) is 30.0 Å². The number of pyridine rings is 1. The lowest BCUT2D eigenvalue weighted by molar-refractivity contribution is -0.121. The van der Waals surface area contributed by atoms with Gasteiger partial charge < -0.3 is 5.32 Å². The van der Waals surface area contributed by atoms with Gasteiger partial charge in [0.25, 0.3) is 5.56 Å². The van der Waals surface area contributed by atoms with Crippen LogP contribution in [0, 0.1) is 20.8 Å². The lowest BCUT2D eigenvalue weighted by atomic mass is 10.1. The minimum Gasteiger partial charge on any atom is -0.350 e. The molecule has 0 atom stereocenters. The third-order valence-electron chi connectivity index (χ3n) is 4.29. The average molecular weight is 366 g/mol. The van der Waals surface area contributed by atoms with Gasteiger partial charge in [0.1, 0.15) is 0 Å². The number of rotatable bonds is 6. The highest BCUT2D eigenvalue weighted by Crippen LogP contribution is 2.17. The Bertz CT molecular complexity index is 1010. The summed E-state index contributed by atoms with van der Waals surface area (Å²) in [5.74, 6) is 0.334. The Hall–Kier alpha value is -3.29. The van der Waals surface area contributed by atoms with Crippen molar-refractivity contribution in [3.05, 3.63) is 69.2 Å². The molecular formula is C19H22N6O2. The fourth-order valence-electron chi connectivity index (χ4n) is 2.93. The van der Waals surface area contributed by atoms with Gasteiger partial charge in [-0.05, 0) is 44.9 Å². The van der Waals surface area contributed by atoms with Crippen LogP contribution in [0.2, 0.25) is 0 Å². The number of H-pyrrole nitrogens is 1. The Morgan fingerprint density at radius 2 is 2.07 bits per heavy atom. The molecule has 3 aromatic heterocycles. The lowest BCUT2D eigenvalue weighted by Crippen LogP contribution is -2.23. The predicted molar refractivity (Wildman–Crippen MR) is 101 cm³/mol. The van der Waals surface area contributed by atoms with Crippen molar-refractivity contribution in [2.24, 2.45) is 0 Å². The highest BCUT2D eigenvalue weighted by atomic mass is 16.1. The summed E-state index contributed by atoms with van der Waals surface area (Å²) in [5.41, 5.74) is 3.87. The van der Waals surface area contributed by atoms with Crippen molar-refractivity contribution in [3.63, 3.8) is 0 Å². The third-order valence-corrected chi connectivity index (χ3v) is 4.29. The highest BCUT2D eigenvalue weighted by molar-refractivity contribution is 5.76. The SMILES string of the molecule is Cc1cc(=O)[nH]c(-n2nc(C)c(CCC(=O)NCc3ccccn3)c2C)n1. The molecule has 1 amide bonds. The van der Waals surface area contributed by atoms with Crippen LogP contribution in [-0.2, 0) is 17.8 Å². The first-order valence-corrected chi connectivity index (χ1v) is 8.74. The van der Waals surface area contributed by atoms with Gasteiger partial charge in [-0.15, -0.1) is 0 Å². The summed E-state index contributed by atoms with van der Waals surface area (Å²) in [6.45, 7) is 5.96. The monoisotopic (exact) mass is 366 g/mol. The van der Waals surface area contributed by atoms with Gasteiger partial charge in [-0.25, -0.2) is 9.67 Å². The van der Waals surface area contributed by atoms with Gasteiger partial charge in [-0.1, -0.05) is 6.07 Å². The number of carbonyl (C=O) groups is 1. The second-order valence-corrected chi connectivity index (χ2v) is 6.37. The first-order valence-electron chi connectivity index (χ1n) is 8.74. The third kappa shape index (κ3) is 4.46. The molecule has 0 saturated heterocycles. The maximum absolute atomic E-state index is 12.2. The molecule has 0 aliphatic rings. The Kier molecular flexibility index (Phi) is 5.44. The molecule has 0 unspecified atom stereocenters. The van der Waals surface area contributed by atoms with Gasteiger partial charge in [0.15, 0.2) is 0 Å². The second kappa shape index (κ2) is 7.94. The van der Waals surface area contributed by atoms with Crippen LogP contribution in [0.4, 0.5) is 0 Å². The summed E-state index contributed by atoms with van der Waals surface area (Å²) < 4.78 is 1.62. The molecule has 8 heteroatoms. The number of hydrogen-bond acceptors (Lipinski definition) is 5. The summed E-state index contributed by atoms with van der Waals surface area (Å²) in [5, 5.41) is 7.35. The van der Waals surface area contributed by atoms with Crippen LogP contribution >= 0.6 is 0 Å². The van der Waals surface area contributed by atoms with Crippen molar-refractivity contribution < 1.29 is 4.79 Å². The minimum atomic E-state index is -0.222. The van der Waals surface area contributed by atoms with Crippen LogP contribution in [0.15, 0.2) is 35.3 Å². The van der Waals surface area contributed by atoms with Crippen molar-refractivity contribution >= 4 is 5.91 Å². The first kappa shape index (κ1) is 18.5. The molecule has 27 heavy (non-hydrogen) atoms. The molecule has 0 spiro atoms. The molecule has 0 aliphatic heterocycles. The zero-order chi connectivity index (χ0) is 19.4. The summed E-state index contributed by atoms with van der Waals surface area (Å²) in [6.07, 6.45) is 2.60. The zero-order valence-electron chi connectivity index (χ0n) is 15.6. The molecule has 140 valence electrons. The van der Waals surface area contributed by atoms with Gasteiger partial charge >= 0.3 is 0 Å². The lowest BCUT2D eigenvalue weighted by Gasteiger charge is -2.06. The maximum Gasteiger partial charge on any atom is 0.252 e. The standard InChI is InChI=1S/C19H22N6O2/c1-12-10-18(27)23-19(22-12)25-14(3)16(13(2)24-25)7-8-17(26)21-11-15-6-4-5-9-20-15/h4-6,9-10H,7-8,11H2,1-3H3,(H,21,26)(H,22,23,27). The minimum absolute atomic E-state index is 0.0470. The van der Waals surface area contributed by atoms with Crippen LogP contribution in [-0.4, -0.2) is 30.6 Å². The number of amides is 1. The first-order chi connectivity index (χ1) is 12.9. The Balaban J connectivity index is 1.68. The molecule has 0 fully saturated rings. The predicted octanol–water partition coefficient (Wildman–Crippen LogP) is 1.52. The molecule has 2 N–H and O–H groups in total. The van der Waals surface area contributed by atoms with E-state index in [0.717, 1.165) is 22.6 Å². The molecule has 0 aliphatic carbocycles. The van der Waals surface area contributed by atoms with Gasteiger partial charge in [0.2, 0.25) is 11.9 Å². The van der Waals surface area contributed by atoms with E-state index in [1.807, 2.05) is 32.0 Å². The van der Waals surface area contributed by atoms with Gasteiger partial charge in [-0.3, -0.25) is 19.6 Å². The number of aromatic amines is 1. The highest BCUT2D eigenvalue weighted by Gasteiger charge is 2.15. The Morgan fingerprint density at radius 3 is 2.78 bits per heavy atom. The fourth-order valence-corrected chi connectivity index (χ4v) is 2.93. The summed E-state index contributed by atoms with van der Waals surface area (Å²) in [7, 11) is 0. The van der Waals surface area contributed by atoms with Crippen LogP contribution in [0.1, 0.15) is 34.8 Å². The van der Waals surface area contributed by atoms with E-state index in [2.05, 4.69) is 25.4 Å². The molecule has 0 radical (unpaired) electrons. The van der Waals surface area contributed by atoms with Crippen LogP contribution in [0.3, 0.4) is 0 Å². The van der Waals surface area contributed by atoms with E-state index in [1.165, 1.54) is 6.07 Å². The zero-order valence-corrected chi connectivity index (χ0v) is 15.6. The van der Waals surface area contributed by atoms with E-state index >= 15 is 0 Å². The van der Waals surface area contributed by atoms with Crippen LogP contribution in [0.5, 0.6) is 0 Å². The number of aryl methyl sites for hydroxylation is 2. The number of aromatic nitrogens is 5. The number of carbonyl (C=O) groups excluding carboxylic acids is 1. The topological polar surface area (TPSA) is 106 Å². The number of nitrogens with one attached hydrogen (secondary N) is 2. The fraction of sp³-hybridized carbons (Fsp3) is 0.316. The average Bonchev–Trinajstić information content (AvgIpc) is 2.92.